The molecule has 14 heavy (non-hydrogen) atoms. The molecule has 0 saturated carbocycles. The summed E-state index contributed by atoms with van der Waals surface area (Å²) >= 11 is 3.08. The molecule has 0 saturated heterocycles. The zero-order chi connectivity index (χ0) is 10.3. The molecule has 2 rings (SSSR count). The lowest BCUT2D eigenvalue weighted by atomic mass is 10.2. The van der Waals surface area contributed by atoms with Crippen LogP contribution >= 0.6 is 15.9 Å². The summed E-state index contributed by atoms with van der Waals surface area (Å²) in [6, 6.07) is 0.948. The van der Waals surface area contributed by atoms with Gasteiger partial charge >= 0.3 is 6.18 Å². The first kappa shape index (κ1) is 9.45. The number of hydrogen-bond acceptors (Lipinski definition) is 2. The Morgan fingerprint density at radius 2 is 2.07 bits per heavy atom. The Labute approximate surface area is 84.5 Å². The van der Waals surface area contributed by atoms with E-state index in [1.165, 1.54) is 0 Å². The molecular formula is C7H3BrF3N3. The smallest absolute Gasteiger partial charge is 0.269 e. The van der Waals surface area contributed by atoms with Gasteiger partial charge in [0.05, 0.1) is 5.56 Å². The molecule has 0 radical (unpaired) electrons. The van der Waals surface area contributed by atoms with Crippen LogP contribution in [0, 0.1) is 0 Å². The second kappa shape index (κ2) is 2.94. The van der Waals surface area contributed by atoms with E-state index in [2.05, 4.69) is 31.1 Å². The fourth-order valence-corrected chi connectivity index (χ4v) is 1.42. The molecule has 0 spiro atoms. The van der Waals surface area contributed by atoms with Crippen LogP contribution in [0.2, 0.25) is 0 Å². The first-order valence-corrected chi connectivity index (χ1v) is 4.34. The van der Waals surface area contributed by atoms with Crippen molar-refractivity contribution in [1.29, 1.82) is 0 Å². The molecule has 0 unspecified atom stereocenters. The zero-order valence-corrected chi connectivity index (χ0v) is 8.15. The highest BCUT2D eigenvalue weighted by Crippen LogP contribution is 2.30. The molecule has 0 atom stereocenters. The standard InChI is InChI=1S/C7H3BrF3N3/c8-6-5-4(13-14-6)1-3(2-12-5)7(9,10)11/h1-2H,(H,13,14). The SMILES string of the molecule is FC(F)(F)c1cnc2c(Br)[nH]nc2c1. The quantitative estimate of drug-likeness (QED) is 0.796. The molecule has 74 valence electrons. The normalized spacial score (nSPS) is 12.3. The third-order valence-corrected chi connectivity index (χ3v) is 2.23. The number of aromatic nitrogens is 3. The first-order valence-electron chi connectivity index (χ1n) is 3.55. The van der Waals surface area contributed by atoms with Crippen molar-refractivity contribution in [2.45, 2.75) is 6.18 Å². The van der Waals surface area contributed by atoms with Crippen molar-refractivity contribution in [2.24, 2.45) is 0 Å². The highest BCUT2D eigenvalue weighted by atomic mass is 79.9. The summed E-state index contributed by atoms with van der Waals surface area (Å²) in [6.45, 7) is 0. The van der Waals surface area contributed by atoms with Gasteiger partial charge in [-0.2, -0.15) is 18.3 Å². The molecule has 7 heteroatoms. The lowest BCUT2D eigenvalue weighted by Crippen LogP contribution is -2.04. The van der Waals surface area contributed by atoms with Crippen molar-refractivity contribution >= 4 is 27.0 Å². The van der Waals surface area contributed by atoms with Crippen LogP contribution in [0.25, 0.3) is 11.0 Å². The van der Waals surface area contributed by atoms with Gasteiger partial charge in [0.1, 0.15) is 15.6 Å². The van der Waals surface area contributed by atoms with Crippen molar-refractivity contribution < 1.29 is 13.2 Å². The summed E-state index contributed by atoms with van der Waals surface area (Å²) in [5.74, 6) is 0. The fraction of sp³-hybridized carbons (Fsp3) is 0.143. The van der Waals surface area contributed by atoms with Crippen LogP contribution in [0.15, 0.2) is 16.9 Å². The van der Waals surface area contributed by atoms with E-state index in [1.54, 1.807) is 0 Å². The average molecular weight is 266 g/mol. The van der Waals surface area contributed by atoms with Crippen molar-refractivity contribution in [1.82, 2.24) is 15.2 Å². The van der Waals surface area contributed by atoms with Gasteiger partial charge in [-0.25, -0.2) is 0 Å². The minimum Gasteiger partial charge on any atom is -0.269 e. The molecule has 0 fully saturated rings. The van der Waals surface area contributed by atoms with Crippen LogP contribution in [0.4, 0.5) is 13.2 Å². The topological polar surface area (TPSA) is 41.6 Å². The van der Waals surface area contributed by atoms with Gasteiger partial charge in [-0.3, -0.25) is 10.1 Å². The minimum absolute atomic E-state index is 0.187. The number of nitrogens with one attached hydrogen (secondary N) is 1. The van der Waals surface area contributed by atoms with Crippen LogP contribution in [0.5, 0.6) is 0 Å². The average Bonchev–Trinajstić information content (AvgIpc) is 2.46. The summed E-state index contributed by atoms with van der Waals surface area (Å²) in [4.78, 5) is 3.65. The molecule has 0 aliphatic rings. The molecule has 2 aromatic heterocycles. The summed E-state index contributed by atoms with van der Waals surface area (Å²) in [5.41, 5.74) is -0.228. The first-order chi connectivity index (χ1) is 6.48. The van der Waals surface area contributed by atoms with Crippen molar-refractivity contribution in [2.75, 3.05) is 0 Å². The Kier molecular flexibility index (Phi) is 1.99. The van der Waals surface area contributed by atoms with E-state index in [4.69, 9.17) is 0 Å². The predicted molar refractivity (Wildman–Crippen MR) is 46.6 cm³/mol. The van der Waals surface area contributed by atoms with E-state index >= 15 is 0 Å². The molecule has 0 aromatic carbocycles. The zero-order valence-electron chi connectivity index (χ0n) is 6.56. The molecular weight excluding hydrogens is 263 g/mol. The summed E-state index contributed by atoms with van der Waals surface area (Å²) < 4.78 is 37.2. The Morgan fingerprint density at radius 3 is 2.71 bits per heavy atom. The maximum Gasteiger partial charge on any atom is 0.417 e. The highest BCUT2D eigenvalue weighted by Gasteiger charge is 2.31. The fourth-order valence-electron chi connectivity index (χ4n) is 1.02. The number of halogens is 4. The van der Waals surface area contributed by atoms with Gasteiger partial charge in [-0.1, -0.05) is 0 Å². The van der Waals surface area contributed by atoms with Gasteiger partial charge in [-0.15, -0.1) is 0 Å². The molecule has 2 aromatic rings. The molecule has 0 amide bonds. The van der Waals surface area contributed by atoms with E-state index in [1.807, 2.05) is 0 Å². The van der Waals surface area contributed by atoms with Crippen LogP contribution in [-0.2, 0) is 6.18 Å². The number of aromatic amines is 1. The number of rotatable bonds is 0. The third-order valence-electron chi connectivity index (χ3n) is 1.68. The third kappa shape index (κ3) is 1.47. The molecule has 0 aliphatic heterocycles. The highest BCUT2D eigenvalue weighted by molar-refractivity contribution is 9.10. The second-order valence-electron chi connectivity index (χ2n) is 2.63. The maximum atomic E-state index is 12.2. The van der Waals surface area contributed by atoms with E-state index in [-0.39, 0.29) is 5.52 Å². The monoisotopic (exact) mass is 265 g/mol. The van der Waals surface area contributed by atoms with Crippen LogP contribution in [0.3, 0.4) is 0 Å². The molecule has 1 N–H and O–H groups in total. The molecule has 0 bridgehead atoms. The van der Waals surface area contributed by atoms with Crippen LogP contribution < -0.4 is 0 Å². The van der Waals surface area contributed by atoms with Crippen LogP contribution in [0.1, 0.15) is 5.56 Å². The molecule has 0 aliphatic carbocycles. The van der Waals surface area contributed by atoms with E-state index in [0.717, 1.165) is 12.3 Å². The number of H-pyrrole nitrogens is 1. The number of alkyl halides is 3. The Morgan fingerprint density at radius 1 is 1.36 bits per heavy atom. The van der Waals surface area contributed by atoms with Crippen molar-refractivity contribution in [3.8, 4) is 0 Å². The Balaban J connectivity index is 2.63. The summed E-state index contributed by atoms with van der Waals surface area (Å²) in [7, 11) is 0. The number of fused-ring (bicyclic) bond motifs is 1. The predicted octanol–water partition coefficient (Wildman–Crippen LogP) is 2.74. The van der Waals surface area contributed by atoms with Gasteiger partial charge < -0.3 is 0 Å². The lowest BCUT2D eigenvalue weighted by Gasteiger charge is -2.04. The van der Waals surface area contributed by atoms with Crippen LogP contribution in [-0.4, -0.2) is 15.2 Å². The lowest BCUT2D eigenvalue weighted by molar-refractivity contribution is -0.137. The molecule has 3 nitrogen and oxygen atoms in total. The van der Waals surface area contributed by atoms with Gasteiger partial charge in [0.25, 0.3) is 0 Å². The Hall–Kier alpha value is -1.11. The van der Waals surface area contributed by atoms with Gasteiger partial charge in [0, 0.05) is 6.20 Å². The summed E-state index contributed by atoms with van der Waals surface area (Å²) in [5, 5.41) is 6.15. The number of hydrogen-bond donors (Lipinski definition) is 1. The number of nitrogens with zero attached hydrogens (tertiary/aromatic N) is 2. The van der Waals surface area contributed by atoms with Gasteiger partial charge in [-0.05, 0) is 22.0 Å². The van der Waals surface area contributed by atoms with Gasteiger partial charge in [0.15, 0.2) is 0 Å². The van der Waals surface area contributed by atoms with Crippen molar-refractivity contribution in [3.63, 3.8) is 0 Å². The van der Waals surface area contributed by atoms with E-state index in [9.17, 15) is 13.2 Å². The van der Waals surface area contributed by atoms with E-state index < -0.39 is 11.7 Å². The summed E-state index contributed by atoms with van der Waals surface area (Å²) in [6.07, 6.45) is -3.60. The maximum absolute atomic E-state index is 12.2. The van der Waals surface area contributed by atoms with E-state index in [0.29, 0.717) is 10.1 Å². The largest absolute Gasteiger partial charge is 0.417 e. The van der Waals surface area contributed by atoms with Crippen molar-refractivity contribution in [3.05, 3.63) is 22.4 Å². The molecule has 2 heterocycles. The van der Waals surface area contributed by atoms with Gasteiger partial charge in [0.2, 0.25) is 0 Å². The minimum atomic E-state index is -4.38. The second-order valence-corrected chi connectivity index (χ2v) is 3.42. The number of pyridine rings is 1. The Bertz CT molecular complexity index is 476.